The van der Waals surface area contributed by atoms with Gasteiger partial charge in [-0.1, -0.05) is 11.6 Å². The fraction of sp³-hybridized carbons (Fsp3) is 0.0714. The van der Waals surface area contributed by atoms with Crippen molar-refractivity contribution in [2.75, 3.05) is 7.05 Å². The molecule has 0 saturated carbocycles. The van der Waals surface area contributed by atoms with E-state index < -0.39 is 4.92 Å². The first kappa shape index (κ1) is 14.8. The maximum absolute atomic E-state index is 11.4. The third kappa shape index (κ3) is 3.49. The molecule has 6 nitrogen and oxygen atoms in total. The molecular weight excluding hydrogens is 296 g/mol. The number of nitro groups is 1. The average molecular weight is 307 g/mol. The van der Waals surface area contributed by atoms with Crippen LogP contribution in [0.2, 0.25) is 5.02 Å². The Kier molecular flexibility index (Phi) is 4.39. The molecule has 2 rings (SSSR count). The number of nitrogens with one attached hydrogen (secondary N) is 1. The predicted molar refractivity (Wildman–Crippen MR) is 78.0 cm³/mol. The number of amides is 1. The molecule has 0 fully saturated rings. The van der Waals surface area contributed by atoms with Gasteiger partial charge in [-0.25, -0.2) is 0 Å². The van der Waals surface area contributed by atoms with Crippen molar-refractivity contribution in [3.63, 3.8) is 0 Å². The second-order valence-electron chi connectivity index (χ2n) is 4.08. The van der Waals surface area contributed by atoms with Crippen molar-refractivity contribution in [1.29, 1.82) is 0 Å². The lowest BCUT2D eigenvalue weighted by atomic mass is 10.2. The summed E-state index contributed by atoms with van der Waals surface area (Å²) in [5, 5.41) is 13.3. The summed E-state index contributed by atoms with van der Waals surface area (Å²) in [6.45, 7) is 0. The number of carbonyl (C=O) groups is 1. The summed E-state index contributed by atoms with van der Waals surface area (Å²) in [7, 11) is 1.55. The molecule has 21 heavy (non-hydrogen) atoms. The normalized spacial score (nSPS) is 10.0. The SMILES string of the molecule is CNC(=O)c1ccc(Oc2ccc([N+](=O)[O-])cc2Cl)cc1. The van der Waals surface area contributed by atoms with Crippen molar-refractivity contribution in [1.82, 2.24) is 5.32 Å². The van der Waals surface area contributed by atoms with Crippen LogP contribution in [-0.2, 0) is 0 Å². The van der Waals surface area contributed by atoms with E-state index in [-0.39, 0.29) is 16.6 Å². The second-order valence-corrected chi connectivity index (χ2v) is 4.48. The molecule has 0 bridgehead atoms. The molecule has 0 heterocycles. The molecule has 0 aliphatic carbocycles. The van der Waals surface area contributed by atoms with E-state index in [1.165, 1.54) is 18.2 Å². The van der Waals surface area contributed by atoms with Gasteiger partial charge in [0.05, 0.1) is 9.95 Å². The van der Waals surface area contributed by atoms with Gasteiger partial charge in [-0.15, -0.1) is 0 Å². The van der Waals surface area contributed by atoms with E-state index in [0.717, 1.165) is 0 Å². The van der Waals surface area contributed by atoms with E-state index >= 15 is 0 Å². The number of non-ortho nitro benzene ring substituents is 1. The highest BCUT2D eigenvalue weighted by Gasteiger charge is 2.11. The van der Waals surface area contributed by atoms with Crippen LogP contribution in [0.3, 0.4) is 0 Å². The molecule has 2 aromatic rings. The minimum Gasteiger partial charge on any atom is -0.456 e. The maximum Gasteiger partial charge on any atom is 0.271 e. The molecule has 0 unspecified atom stereocenters. The van der Waals surface area contributed by atoms with Crippen LogP contribution in [0.15, 0.2) is 42.5 Å². The summed E-state index contributed by atoms with van der Waals surface area (Å²) >= 11 is 5.93. The highest BCUT2D eigenvalue weighted by Crippen LogP contribution is 2.32. The van der Waals surface area contributed by atoms with Crippen molar-refractivity contribution >= 4 is 23.2 Å². The molecule has 0 spiro atoms. The lowest BCUT2D eigenvalue weighted by molar-refractivity contribution is -0.384. The average Bonchev–Trinajstić information content (AvgIpc) is 2.49. The Bertz CT molecular complexity index is 686. The van der Waals surface area contributed by atoms with Crippen LogP contribution >= 0.6 is 11.6 Å². The van der Waals surface area contributed by atoms with Crippen LogP contribution in [0.5, 0.6) is 11.5 Å². The van der Waals surface area contributed by atoms with Crippen LogP contribution in [0.25, 0.3) is 0 Å². The third-order valence-electron chi connectivity index (χ3n) is 2.70. The number of halogens is 1. The molecule has 0 atom stereocenters. The van der Waals surface area contributed by atoms with Crippen molar-refractivity contribution in [2.24, 2.45) is 0 Å². The summed E-state index contributed by atoms with van der Waals surface area (Å²) in [5.41, 5.74) is 0.391. The first-order valence-corrected chi connectivity index (χ1v) is 6.33. The van der Waals surface area contributed by atoms with Gasteiger partial charge in [-0.2, -0.15) is 0 Å². The third-order valence-corrected chi connectivity index (χ3v) is 2.99. The van der Waals surface area contributed by atoms with E-state index in [1.807, 2.05) is 0 Å². The number of nitrogens with zero attached hydrogens (tertiary/aromatic N) is 1. The molecule has 2 aromatic carbocycles. The summed E-state index contributed by atoms with van der Waals surface area (Å²) < 4.78 is 5.53. The molecule has 108 valence electrons. The summed E-state index contributed by atoms with van der Waals surface area (Å²) in [6.07, 6.45) is 0. The van der Waals surface area contributed by atoms with E-state index in [9.17, 15) is 14.9 Å². The highest BCUT2D eigenvalue weighted by atomic mass is 35.5. The molecule has 1 amide bonds. The van der Waals surface area contributed by atoms with Gasteiger partial charge in [0.25, 0.3) is 11.6 Å². The van der Waals surface area contributed by atoms with E-state index in [2.05, 4.69) is 5.32 Å². The number of ether oxygens (including phenoxy) is 1. The fourth-order valence-corrected chi connectivity index (χ4v) is 1.85. The van der Waals surface area contributed by atoms with Crippen LogP contribution in [0.1, 0.15) is 10.4 Å². The van der Waals surface area contributed by atoms with Crippen molar-refractivity contribution in [3.05, 3.63) is 63.2 Å². The van der Waals surface area contributed by atoms with Gasteiger partial charge in [0.1, 0.15) is 11.5 Å². The number of benzene rings is 2. The molecule has 1 N–H and O–H groups in total. The summed E-state index contributed by atoms with van der Waals surface area (Å²) in [4.78, 5) is 21.5. The Labute approximate surface area is 125 Å². The second kappa shape index (κ2) is 6.23. The van der Waals surface area contributed by atoms with Crippen molar-refractivity contribution in [3.8, 4) is 11.5 Å². The van der Waals surface area contributed by atoms with Gasteiger partial charge in [-0.05, 0) is 30.3 Å². The van der Waals surface area contributed by atoms with Crippen LogP contribution < -0.4 is 10.1 Å². The largest absolute Gasteiger partial charge is 0.456 e. The maximum atomic E-state index is 11.4. The molecule has 0 aliphatic rings. The molecular formula is C14H11ClN2O4. The van der Waals surface area contributed by atoms with Crippen molar-refractivity contribution in [2.45, 2.75) is 0 Å². The van der Waals surface area contributed by atoms with Crippen LogP contribution in [0.4, 0.5) is 5.69 Å². The summed E-state index contributed by atoms with van der Waals surface area (Å²) in [5.74, 6) is 0.572. The Hall–Kier alpha value is -2.60. The standard InChI is InChI=1S/C14H11ClN2O4/c1-16-14(18)9-2-5-11(6-3-9)21-13-7-4-10(17(19)20)8-12(13)15/h2-8H,1H3,(H,16,18). The molecule has 0 aliphatic heterocycles. The molecule has 7 heteroatoms. The van der Waals surface area contributed by atoms with E-state index in [1.54, 1.807) is 31.3 Å². The number of hydrogen-bond acceptors (Lipinski definition) is 4. The number of rotatable bonds is 4. The van der Waals surface area contributed by atoms with Crippen LogP contribution in [0, 0.1) is 10.1 Å². The minimum atomic E-state index is -0.534. The Morgan fingerprint density at radius 3 is 2.43 bits per heavy atom. The zero-order valence-corrected chi connectivity index (χ0v) is 11.8. The Morgan fingerprint density at radius 1 is 1.24 bits per heavy atom. The zero-order valence-electron chi connectivity index (χ0n) is 11.0. The monoisotopic (exact) mass is 306 g/mol. The van der Waals surface area contributed by atoms with Gasteiger partial charge in [0.15, 0.2) is 0 Å². The highest BCUT2D eigenvalue weighted by molar-refractivity contribution is 6.32. The lowest BCUT2D eigenvalue weighted by Gasteiger charge is -2.08. The fourth-order valence-electron chi connectivity index (χ4n) is 1.63. The van der Waals surface area contributed by atoms with E-state index in [0.29, 0.717) is 17.1 Å². The van der Waals surface area contributed by atoms with Gasteiger partial charge >= 0.3 is 0 Å². The smallest absolute Gasteiger partial charge is 0.271 e. The first-order chi connectivity index (χ1) is 10.0. The summed E-state index contributed by atoms with van der Waals surface area (Å²) in [6, 6.07) is 10.4. The number of nitro benzene ring substituents is 1. The quantitative estimate of drug-likeness (QED) is 0.693. The molecule has 0 saturated heterocycles. The van der Waals surface area contributed by atoms with Crippen LogP contribution in [-0.4, -0.2) is 17.9 Å². The first-order valence-electron chi connectivity index (χ1n) is 5.95. The minimum absolute atomic E-state index is 0.109. The number of hydrogen-bond donors (Lipinski definition) is 1. The van der Waals surface area contributed by atoms with Gasteiger partial charge < -0.3 is 10.1 Å². The Morgan fingerprint density at radius 2 is 1.90 bits per heavy atom. The number of carbonyl (C=O) groups excluding carboxylic acids is 1. The lowest BCUT2D eigenvalue weighted by Crippen LogP contribution is -2.17. The Balaban J connectivity index is 2.18. The van der Waals surface area contributed by atoms with Crippen molar-refractivity contribution < 1.29 is 14.5 Å². The molecule has 0 aromatic heterocycles. The van der Waals surface area contributed by atoms with Gasteiger partial charge in [0.2, 0.25) is 0 Å². The molecule has 0 radical (unpaired) electrons. The van der Waals surface area contributed by atoms with Gasteiger partial charge in [-0.3, -0.25) is 14.9 Å². The predicted octanol–water partition coefficient (Wildman–Crippen LogP) is 3.40. The zero-order chi connectivity index (χ0) is 15.4. The van der Waals surface area contributed by atoms with E-state index in [4.69, 9.17) is 16.3 Å². The van der Waals surface area contributed by atoms with Gasteiger partial charge in [0, 0.05) is 24.7 Å². The topological polar surface area (TPSA) is 81.5 Å².